The number of nitrogens with zero attached hydrogens (tertiary/aromatic N) is 1. The van der Waals surface area contributed by atoms with E-state index in [1.807, 2.05) is 24.3 Å². The first-order valence-electron chi connectivity index (χ1n) is 10.6. The number of aryl methyl sites for hydroxylation is 1. The van der Waals surface area contributed by atoms with Gasteiger partial charge in [-0.05, 0) is 68.5 Å². The van der Waals surface area contributed by atoms with E-state index in [4.69, 9.17) is 4.74 Å². The summed E-state index contributed by atoms with van der Waals surface area (Å²) >= 11 is 0. The molecule has 2 aromatic rings. The van der Waals surface area contributed by atoms with Crippen molar-refractivity contribution in [3.8, 4) is 5.75 Å². The first kappa shape index (κ1) is 22.3. The van der Waals surface area contributed by atoms with Crippen molar-refractivity contribution in [3.05, 3.63) is 53.6 Å². The lowest BCUT2D eigenvalue weighted by Gasteiger charge is -2.19. The number of sulfonamides is 1. The number of carbonyl (C=O) groups is 1. The quantitative estimate of drug-likeness (QED) is 0.637. The molecule has 1 heterocycles. The molecule has 0 saturated carbocycles. The van der Waals surface area contributed by atoms with Gasteiger partial charge in [0.15, 0.2) is 0 Å². The highest BCUT2D eigenvalue weighted by Gasteiger charge is 2.30. The van der Waals surface area contributed by atoms with Gasteiger partial charge in [0.05, 0.1) is 6.61 Å². The number of hydrogen-bond acceptors (Lipinski definition) is 4. The summed E-state index contributed by atoms with van der Waals surface area (Å²) in [5, 5.41) is 2.85. The maximum Gasteiger partial charge on any atom is 0.255 e. The van der Waals surface area contributed by atoms with Gasteiger partial charge in [-0.3, -0.25) is 4.79 Å². The SMILES string of the molecule is CCCCc1ccc(NC(=O)c2ccc(OCC)c(S(=O)(=O)N3CCCC3)c2)cc1. The smallest absolute Gasteiger partial charge is 0.255 e. The van der Waals surface area contributed by atoms with Crippen LogP contribution in [0.2, 0.25) is 0 Å². The molecule has 30 heavy (non-hydrogen) atoms. The van der Waals surface area contributed by atoms with E-state index < -0.39 is 10.0 Å². The number of amides is 1. The van der Waals surface area contributed by atoms with Crippen LogP contribution in [0.4, 0.5) is 5.69 Å². The molecule has 1 aliphatic heterocycles. The fourth-order valence-corrected chi connectivity index (χ4v) is 5.21. The van der Waals surface area contributed by atoms with E-state index in [1.54, 1.807) is 19.1 Å². The second-order valence-corrected chi connectivity index (χ2v) is 9.37. The van der Waals surface area contributed by atoms with Gasteiger partial charge in [-0.15, -0.1) is 0 Å². The summed E-state index contributed by atoms with van der Waals surface area (Å²) in [7, 11) is -3.71. The average Bonchev–Trinajstić information content (AvgIpc) is 3.29. The van der Waals surface area contributed by atoms with Crippen LogP contribution < -0.4 is 10.1 Å². The fourth-order valence-electron chi connectivity index (χ4n) is 3.53. The van der Waals surface area contributed by atoms with Crippen LogP contribution in [0.5, 0.6) is 5.75 Å². The number of hydrogen-bond donors (Lipinski definition) is 1. The van der Waals surface area contributed by atoms with Crippen molar-refractivity contribution in [3.63, 3.8) is 0 Å². The molecule has 0 aromatic heterocycles. The molecule has 7 heteroatoms. The predicted octanol–water partition coefficient (Wildman–Crippen LogP) is 4.46. The average molecular weight is 431 g/mol. The molecular formula is C23H30N2O4S. The Morgan fingerprint density at radius 2 is 1.77 bits per heavy atom. The fraction of sp³-hybridized carbons (Fsp3) is 0.435. The largest absolute Gasteiger partial charge is 0.492 e. The zero-order chi connectivity index (χ0) is 21.6. The van der Waals surface area contributed by atoms with Gasteiger partial charge < -0.3 is 10.1 Å². The molecule has 0 aliphatic carbocycles. The molecule has 1 amide bonds. The lowest BCUT2D eigenvalue weighted by molar-refractivity contribution is 0.102. The number of benzene rings is 2. The Kier molecular flexibility index (Phi) is 7.50. The zero-order valence-electron chi connectivity index (χ0n) is 17.7. The summed E-state index contributed by atoms with van der Waals surface area (Å²) in [4.78, 5) is 12.8. The molecule has 6 nitrogen and oxygen atoms in total. The Bertz CT molecular complexity index is 965. The van der Waals surface area contributed by atoms with Crippen LogP contribution >= 0.6 is 0 Å². The molecule has 1 saturated heterocycles. The van der Waals surface area contributed by atoms with Crippen molar-refractivity contribution >= 4 is 21.6 Å². The number of anilines is 1. The predicted molar refractivity (Wildman–Crippen MR) is 119 cm³/mol. The molecule has 0 spiro atoms. The van der Waals surface area contributed by atoms with E-state index in [0.717, 1.165) is 32.1 Å². The van der Waals surface area contributed by atoms with Gasteiger partial charge in [0.25, 0.3) is 5.91 Å². The van der Waals surface area contributed by atoms with Crippen molar-refractivity contribution in [2.45, 2.75) is 50.8 Å². The third-order valence-electron chi connectivity index (χ3n) is 5.22. The van der Waals surface area contributed by atoms with Crippen LogP contribution in [0.1, 0.15) is 55.5 Å². The third kappa shape index (κ3) is 5.21. The summed E-state index contributed by atoms with van der Waals surface area (Å²) in [6.07, 6.45) is 4.97. The van der Waals surface area contributed by atoms with E-state index in [9.17, 15) is 13.2 Å². The molecule has 1 aliphatic rings. The Morgan fingerprint density at radius 3 is 2.40 bits per heavy atom. The standard InChI is InChI=1S/C23H30N2O4S/c1-3-5-8-18-9-12-20(13-10-18)24-23(26)19-11-14-21(29-4-2)22(17-19)30(27,28)25-15-6-7-16-25/h9-14,17H,3-8,15-16H2,1-2H3,(H,24,26). The Labute approximate surface area is 179 Å². The second-order valence-electron chi connectivity index (χ2n) is 7.46. The highest BCUT2D eigenvalue weighted by atomic mass is 32.2. The minimum Gasteiger partial charge on any atom is -0.492 e. The molecule has 0 bridgehead atoms. The summed E-state index contributed by atoms with van der Waals surface area (Å²) < 4.78 is 33.2. The maximum atomic E-state index is 13.1. The van der Waals surface area contributed by atoms with Gasteiger partial charge in [0.1, 0.15) is 10.6 Å². The molecule has 0 radical (unpaired) electrons. The van der Waals surface area contributed by atoms with Crippen molar-refractivity contribution in [1.29, 1.82) is 0 Å². The Morgan fingerprint density at radius 1 is 1.07 bits per heavy atom. The van der Waals surface area contributed by atoms with Gasteiger partial charge >= 0.3 is 0 Å². The van der Waals surface area contributed by atoms with Crippen LogP contribution in [0.25, 0.3) is 0 Å². The maximum absolute atomic E-state index is 13.1. The van der Waals surface area contributed by atoms with Crippen molar-refractivity contribution in [1.82, 2.24) is 4.31 Å². The van der Waals surface area contributed by atoms with Crippen LogP contribution in [0, 0.1) is 0 Å². The number of carbonyl (C=O) groups excluding carboxylic acids is 1. The minimum atomic E-state index is -3.71. The van der Waals surface area contributed by atoms with Crippen molar-refractivity contribution < 1.29 is 17.9 Å². The molecule has 2 aromatic carbocycles. The molecule has 1 N–H and O–H groups in total. The lowest BCUT2D eigenvalue weighted by Crippen LogP contribution is -2.28. The van der Waals surface area contributed by atoms with Crippen LogP contribution in [0.15, 0.2) is 47.4 Å². The first-order chi connectivity index (χ1) is 14.5. The van der Waals surface area contributed by atoms with Crippen LogP contribution in [-0.2, 0) is 16.4 Å². The van der Waals surface area contributed by atoms with Gasteiger partial charge in [0.2, 0.25) is 10.0 Å². The molecule has 0 unspecified atom stereocenters. The van der Waals surface area contributed by atoms with E-state index in [2.05, 4.69) is 12.2 Å². The van der Waals surface area contributed by atoms with E-state index in [-0.39, 0.29) is 22.1 Å². The summed E-state index contributed by atoms with van der Waals surface area (Å²) in [5.41, 5.74) is 2.19. The summed E-state index contributed by atoms with van der Waals surface area (Å²) in [6.45, 7) is 5.29. The molecule has 162 valence electrons. The number of ether oxygens (including phenoxy) is 1. The van der Waals surface area contributed by atoms with Gasteiger partial charge in [0, 0.05) is 24.3 Å². The summed E-state index contributed by atoms with van der Waals surface area (Å²) in [5.74, 6) is -0.0709. The topological polar surface area (TPSA) is 75.7 Å². The lowest BCUT2D eigenvalue weighted by atomic mass is 10.1. The highest BCUT2D eigenvalue weighted by Crippen LogP contribution is 2.30. The van der Waals surface area contributed by atoms with Crippen LogP contribution in [-0.4, -0.2) is 38.3 Å². The van der Waals surface area contributed by atoms with Crippen molar-refractivity contribution in [2.75, 3.05) is 25.0 Å². The normalized spacial score (nSPS) is 14.6. The van der Waals surface area contributed by atoms with Gasteiger partial charge in [-0.2, -0.15) is 4.31 Å². The number of nitrogens with one attached hydrogen (secondary N) is 1. The van der Waals surface area contributed by atoms with Gasteiger partial charge in [-0.1, -0.05) is 25.5 Å². The monoisotopic (exact) mass is 430 g/mol. The Hall–Kier alpha value is -2.38. The number of rotatable bonds is 9. The molecular weight excluding hydrogens is 400 g/mol. The third-order valence-corrected chi connectivity index (χ3v) is 7.14. The molecule has 0 atom stereocenters. The molecule has 1 fully saturated rings. The van der Waals surface area contributed by atoms with E-state index >= 15 is 0 Å². The number of unbranched alkanes of at least 4 members (excludes halogenated alkanes) is 1. The molecule has 3 rings (SSSR count). The minimum absolute atomic E-state index is 0.0498. The van der Waals surface area contributed by atoms with E-state index in [1.165, 1.54) is 15.9 Å². The summed E-state index contributed by atoms with van der Waals surface area (Å²) in [6, 6.07) is 12.3. The Balaban J connectivity index is 1.82. The first-order valence-corrected chi connectivity index (χ1v) is 12.1. The second kappa shape index (κ2) is 10.1. The van der Waals surface area contributed by atoms with Crippen molar-refractivity contribution in [2.24, 2.45) is 0 Å². The van der Waals surface area contributed by atoms with E-state index in [0.29, 0.717) is 25.4 Å². The van der Waals surface area contributed by atoms with Gasteiger partial charge in [-0.25, -0.2) is 8.42 Å². The zero-order valence-corrected chi connectivity index (χ0v) is 18.5. The highest BCUT2D eigenvalue weighted by molar-refractivity contribution is 7.89. The van der Waals surface area contributed by atoms with Crippen LogP contribution in [0.3, 0.4) is 0 Å².